The van der Waals surface area contributed by atoms with Crippen molar-refractivity contribution < 1.29 is 9.53 Å². The van der Waals surface area contributed by atoms with E-state index in [2.05, 4.69) is 10.3 Å². The minimum absolute atomic E-state index is 0.00251. The molecule has 23 heavy (non-hydrogen) atoms. The molecule has 0 unspecified atom stereocenters. The molecule has 6 nitrogen and oxygen atoms in total. The predicted octanol–water partition coefficient (Wildman–Crippen LogP) is 1.58. The second-order valence-corrected chi connectivity index (χ2v) is 6.54. The molecule has 0 bridgehead atoms. The average molecular weight is 312 g/mol. The molecule has 1 aromatic carbocycles. The number of aromatic nitrogens is 3. The van der Waals surface area contributed by atoms with Gasteiger partial charge in [0.15, 0.2) is 0 Å². The molecule has 1 amide bonds. The zero-order valence-corrected chi connectivity index (χ0v) is 13.0. The number of rotatable bonds is 3. The Morgan fingerprint density at radius 2 is 2.09 bits per heavy atom. The summed E-state index contributed by atoms with van der Waals surface area (Å²) in [5.41, 5.74) is 1.85. The number of ether oxygens (including phenoxy) is 1. The minimum atomic E-state index is 0.00251. The maximum atomic E-state index is 12.9. The van der Waals surface area contributed by atoms with Crippen molar-refractivity contribution >= 4 is 5.91 Å². The van der Waals surface area contributed by atoms with Crippen molar-refractivity contribution in [1.29, 1.82) is 0 Å². The van der Waals surface area contributed by atoms with E-state index in [4.69, 9.17) is 4.74 Å². The molecule has 0 radical (unpaired) electrons. The Labute approximate surface area is 135 Å². The first-order chi connectivity index (χ1) is 11.3. The van der Waals surface area contributed by atoms with Gasteiger partial charge in [-0.05, 0) is 18.4 Å². The normalized spacial score (nSPS) is 19.6. The number of carbonyl (C=O) groups is 1. The molecule has 0 atom stereocenters. The Kier molecular flexibility index (Phi) is 3.61. The van der Waals surface area contributed by atoms with Gasteiger partial charge in [0.25, 0.3) is 5.91 Å². The molecule has 120 valence electrons. The van der Waals surface area contributed by atoms with Gasteiger partial charge in [0.2, 0.25) is 0 Å². The van der Waals surface area contributed by atoms with Crippen molar-refractivity contribution in [3.05, 3.63) is 47.8 Å². The van der Waals surface area contributed by atoms with E-state index in [1.165, 1.54) is 0 Å². The molecule has 1 spiro atoms. The highest BCUT2D eigenvalue weighted by Gasteiger charge is 2.46. The topological polar surface area (TPSA) is 60.2 Å². The van der Waals surface area contributed by atoms with Gasteiger partial charge in [-0.2, -0.15) is 0 Å². The summed E-state index contributed by atoms with van der Waals surface area (Å²) in [7, 11) is 0. The van der Waals surface area contributed by atoms with Crippen LogP contribution in [0.25, 0.3) is 0 Å². The van der Waals surface area contributed by atoms with Crippen LogP contribution in [-0.4, -0.2) is 52.1 Å². The number of hydrogen-bond acceptors (Lipinski definition) is 4. The number of benzene rings is 1. The maximum Gasteiger partial charge on any atom is 0.273 e. The molecule has 2 aromatic rings. The van der Waals surface area contributed by atoms with Crippen molar-refractivity contribution in [2.45, 2.75) is 19.4 Å². The molecule has 1 saturated carbocycles. The molecule has 1 saturated heterocycles. The molecule has 6 heteroatoms. The highest BCUT2D eigenvalue weighted by molar-refractivity contribution is 5.92. The van der Waals surface area contributed by atoms with E-state index < -0.39 is 0 Å². The third-order valence-electron chi connectivity index (χ3n) is 4.70. The van der Waals surface area contributed by atoms with E-state index in [1.54, 1.807) is 10.9 Å². The second kappa shape index (κ2) is 5.77. The third kappa shape index (κ3) is 2.99. The monoisotopic (exact) mass is 312 g/mol. The standard InChI is InChI=1S/C17H20N4O2/c22-16(20-8-9-23-13-17(12-20)6-7-17)15-10-18-19-21(15)11-14-4-2-1-3-5-14/h1-5,10H,6-9,11-13H2. The summed E-state index contributed by atoms with van der Waals surface area (Å²) in [5, 5.41) is 8.03. The molecule has 4 rings (SSSR count). The number of amides is 1. The van der Waals surface area contributed by atoms with Gasteiger partial charge in [0, 0.05) is 18.5 Å². The van der Waals surface area contributed by atoms with Crippen LogP contribution in [-0.2, 0) is 11.3 Å². The molecular weight excluding hydrogens is 292 g/mol. The Balaban J connectivity index is 1.53. The first-order valence-electron chi connectivity index (χ1n) is 8.05. The van der Waals surface area contributed by atoms with Crippen molar-refractivity contribution in [1.82, 2.24) is 19.9 Å². The van der Waals surface area contributed by atoms with Crippen molar-refractivity contribution in [3.8, 4) is 0 Å². The van der Waals surface area contributed by atoms with Crippen LogP contribution in [0.1, 0.15) is 28.9 Å². The minimum Gasteiger partial charge on any atom is -0.379 e. The summed E-state index contributed by atoms with van der Waals surface area (Å²) in [4.78, 5) is 14.8. The molecule has 2 heterocycles. The highest BCUT2D eigenvalue weighted by Crippen LogP contribution is 2.47. The van der Waals surface area contributed by atoms with E-state index in [0.717, 1.165) is 31.6 Å². The van der Waals surface area contributed by atoms with Gasteiger partial charge in [-0.1, -0.05) is 35.5 Å². The lowest BCUT2D eigenvalue weighted by molar-refractivity contribution is 0.0723. The van der Waals surface area contributed by atoms with E-state index in [9.17, 15) is 4.79 Å². The van der Waals surface area contributed by atoms with Crippen LogP contribution in [0.2, 0.25) is 0 Å². The summed E-state index contributed by atoms with van der Waals surface area (Å²) in [6, 6.07) is 9.99. The summed E-state index contributed by atoms with van der Waals surface area (Å²) in [6.07, 6.45) is 3.87. The lowest BCUT2D eigenvalue weighted by Gasteiger charge is -2.23. The maximum absolute atomic E-state index is 12.9. The molecule has 1 aromatic heterocycles. The Morgan fingerprint density at radius 1 is 1.26 bits per heavy atom. The lowest BCUT2D eigenvalue weighted by atomic mass is 10.1. The van der Waals surface area contributed by atoms with Gasteiger partial charge in [0.1, 0.15) is 5.69 Å². The molecule has 0 N–H and O–H groups in total. The van der Waals surface area contributed by atoms with Crippen LogP contribution < -0.4 is 0 Å². The number of carbonyl (C=O) groups excluding carboxylic acids is 1. The smallest absolute Gasteiger partial charge is 0.273 e. The summed E-state index contributed by atoms with van der Waals surface area (Å²) in [5.74, 6) is 0.00251. The second-order valence-electron chi connectivity index (χ2n) is 6.54. The Hall–Kier alpha value is -2.21. The molecule has 1 aliphatic carbocycles. The van der Waals surface area contributed by atoms with Gasteiger partial charge < -0.3 is 9.64 Å². The lowest BCUT2D eigenvalue weighted by Crippen LogP contribution is -2.37. The quantitative estimate of drug-likeness (QED) is 0.863. The number of nitrogens with zero attached hydrogens (tertiary/aromatic N) is 4. The van der Waals surface area contributed by atoms with Crippen LogP contribution in [0.3, 0.4) is 0 Å². The SMILES string of the molecule is O=C(c1cnnn1Cc1ccccc1)N1CCOCC2(CC2)C1. The van der Waals surface area contributed by atoms with Gasteiger partial charge >= 0.3 is 0 Å². The fourth-order valence-corrected chi connectivity index (χ4v) is 3.10. The first-order valence-corrected chi connectivity index (χ1v) is 8.05. The summed E-state index contributed by atoms with van der Waals surface area (Å²) in [6.45, 7) is 3.35. The largest absolute Gasteiger partial charge is 0.379 e. The van der Waals surface area contributed by atoms with Gasteiger partial charge in [-0.15, -0.1) is 5.10 Å². The van der Waals surface area contributed by atoms with Crippen molar-refractivity contribution in [2.75, 3.05) is 26.3 Å². The Bertz CT molecular complexity index is 694. The Morgan fingerprint density at radius 3 is 2.87 bits per heavy atom. The fourth-order valence-electron chi connectivity index (χ4n) is 3.10. The van der Waals surface area contributed by atoms with Crippen LogP contribution in [0.4, 0.5) is 0 Å². The van der Waals surface area contributed by atoms with Gasteiger partial charge in [-0.25, -0.2) is 4.68 Å². The van der Waals surface area contributed by atoms with E-state index in [1.807, 2.05) is 35.2 Å². The van der Waals surface area contributed by atoms with Crippen molar-refractivity contribution in [3.63, 3.8) is 0 Å². The zero-order valence-electron chi connectivity index (χ0n) is 13.0. The predicted molar refractivity (Wildman–Crippen MR) is 84.0 cm³/mol. The first kappa shape index (κ1) is 14.4. The van der Waals surface area contributed by atoms with Crippen LogP contribution in [0, 0.1) is 5.41 Å². The molecule has 2 aliphatic rings. The summed E-state index contributed by atoms with van der Waals surface area (Å²) >= 11 is 0. The average Bonchev–Trinajstić information content (AvgIpc) is 3.26. The fraction of sp³-hybridized carbons (Fsp3) is 0.471. The van der Waals surface area contributed by atoms with Crippen molar-refractivity contribution in [2.24, 2.45) is 5.41 Å². The molecule has 2 fully saturated rings. The van der Waals surface area contributed by atoms with E-state index in [-0.39, 0.29) is 11.3 Å². The molecule has 1 aliphatic heterocycles. The highest BCUT2D eigenvalue weighted by atomic mass is 16.5. The summed E-state index contributed by atoms with van der Waals surface area (Å²) < 4.78 is 7.35. The van der Waals surface area contributed by atoms with Crippen LogP contribution in [0.5, 0.6) is 0 Å². The van der Waals surface area contributed by atoms with E-state index >= 15 is 0 Å². The van der Waals surface area contributed by atoms with Crippen LogP contribution in [0.15, 0.2) is 36.5 Å². The van der Waals surface area contributed by atoms with Gasteiger partial charge in [0.05, 0.1) is 26.0 Å². The van der Waals surface area contributed by atoms with Gasteiger partial charge in [-0.3, -0.25) is 4.79 Å². The number of hydrogen-bond donors (Lipinski definition) is 0. The van der Waals surface area contributed by atoms with E-state index in [0.29, 0.717) is 25.4 Å². The zero-order chi connectivity index (χ0) is 15.7. The molecular formula is C17H20N4O2. The van der Waals surface area contributed by atoms with Crippen LogP contribution >= 0.6 is 0 Å². The third-order valence-corrected chi connectivity index (χ3v) is 4.70.